The third kappa shape index (κ3) is 2.48. The zero-order chi connectivity index (χ0) is 13.0. The number of ether oxygens (including phenoxy) is 2. The van der Waals surface area contributed by atoms with E-state index in [-0.39, 0.29) is 5.97 Å². The van der Waals surface area contributed by atoms with Gasteiger partial charge in [0.25, 0.3) is 0 Å². The highest BCUT2D eigenvalue weighted by atomic mass is 16.5. The Hall–Kier alpha value is -2.36. The third-order valence-electron chi connectivity index (χ3n) is 2.43. The first kappa shape index (κ1) is 12.1. The molecule has 0 unspecified atom stereocenters. The van der Waals surface area contributed by atoms with Crippen LogP contribution < -0.4 is 4.74 Å². The predicted molar refractivity (Wildman–Crippen MR) is 68.8 cm³/mol. The van der Waals surface area contributed by atoms with Crippen LogP contribution in [-0.2, 0) is 4.74 Å². The highest BCUT2D eigenvalue weighted by Crippen LogP contribution is 2.18. The summed E-state index contributed by atoms with van der Waals surface area (Å²) in [6.07, 6.45) is 1.66. The highest BCUT2D eigenvalue weighted by molar-refractivity contribution is 5.94. The predicted octanol–water partition coefficient (Wildman–Crippen LogP) is 2.59. The molecule has 0 saturated carbocycles. The van der Waals surface area contributed by atoms with Crippen molar-refractivity contribution >= 4 is 16.9 Å². The molecule has 18 heavy (non-hydrogen) atoms. The molecule has 1 aromatic carbocycles. The Morgan fingerprint density at radius 2 is 2.22 bits per heavy atom. The normalized spacial score (nSPS) is 10.1. The van der Waals surface area contributed by atoms with E-state index in [1.807, 2.05) is 6.07 Å². The fourth-order valence-electron chi connectivity index (χ4n) is 1.58. The van der Waals surface area contributed by atoms with E-state index in [1.165, 1.54) is 7.11 Å². The van der Waals surface area contributed by atoms with Crippen molar-refractivity contribution in [2.45, 2.75) is 0 Å². The fraction of sp³-hybridized carbons (Fsp3) is 0.143. The van der Waals surface area contributed by atoms with E-state index in [4.69, 9.17) is 4.74 Å². The van der Waals surface area contributed by atoms with E-state index in [2.05, 4.69) is 16.3 Å². The van der Waals surface area contributed by atoms with E-state index < -0.39 is 0 Å². The van der Waals surface area contributed by atoms with Gasteiger partial charge in [-0.3, -0.25) is 0 Å². The molecule has 0 atom stereocenters. The number of fused-ring (bicyclic) bond motifs is 1. The molecule has 0 amide bonds. The molecule has 4 nitrogen and oxygen atoms in total. The van der Waals surface area contributed by atoms with Crippen molar-refractivity contribution in [1.82, 2.24) is 4.98 Å². The number of benzene rings is 1. The maximum Gasteiger partial charge on any atom is 0.337 e. The van der Waals surface area contributed by atoms with Crippen LogP contribution in [0.1, 0.15) is 10.4 Å². The maximum absolute atomic E-state index is 11.4. The molecule has 0 spiro atoms. The number of esters is 1. The zero-order valence-corrected chi connectivity index (χ0v) is 10.1. The minimum absolute atomic E-state index is 0.358. The highest BCUT2D eigenvalue weighted by Gasteiger charge is 2.06. The summed E-state index contributed by atoms with van der Waals surface area (Å²) in [5.41, 5.74) is 1.27. The summed E-state index contributed by atoms with van der Waals surface area (Å²) in [5.74, 6) is 0.178. The number of methoxy groups -OCH3 is 1. The number of aromatic nitrogens is 1. The smallest absolute Gasteiger partial charge is 0.337 e. The van der Waals surface area contributed by atoms with Crippen molar-refractivity contribution in [3.63, 3.8) is 0 Å². The molecule has 0 fully saturated rings. The number of nitrogens with zero attached hydrogens (tertiary/aromatic N) is 1. The first-order valence-electron chi connectivity index (χ1n) is 5.47. The van der Waals surface area contributed by atoms with Crippen LogP contribution in [0.15, 0.2) is 43.0 Å². The number of hydrogen-bond acceptors (Lipinski definition) is 4. The SMILES string of the molecule is C=CCOc1ccc2cc(C(=O)OC)ccc2n1. The van der Waals surface area contributed by atoms with Gasteiger partial charge in [0.2, 0.25) is 5.88 Å². The Bertz CT molecular complexity index is 593. The van der Waals surface area contributed by atoms with Crippen molar-refractivity contribution < 1.29 is 14.3 Å². The van der Waals surface area contributed by atoms with Gasteiger partial charge in [0.05, 0.1) is 18.2 Å². The fourth-order valence-corrected chi connectivity index (χ4v) is 1.58. The van der Waals surface area contributed by atoms with Crippen LogP contribution in [0.5, 0.6) is 5.88 Å². The minimum atomic E-state index is -0.358. The van der Waals surface area contributed by atoms with Gasteiger partial charge in [-0.25, -0.2) is 9.78 Å². The summed E-state index contributed by atoms with van der Waals surface area (Å²) in [7, 11) is 1.36. The van der Waals surface area contributed by atoms with Crippen molar-refractivity contribution in [2.75, 3.05) is 13.7 Å². The van der Waals surface area contributed by atoms with Crippen LogP contribution in [0.3, 0.4) is 0 Å². The molecule has 1 aromatic heterocycles. The lowest BCUT2D eigenvalue weighted by atomic mass is 10.1. The van der Waals surface area contributed by atoms with Crippen LogP contribution in [0.4, 0.5) is 0 Å². The van der Waals surface area contributed by atoms with Crippen LogP contribution in [0.2, 0.25) is 0 Å². The second-order valence-electron chi connectivity index (χ2n) is 3.65. The number of carbonyl (C=O) groups excluding carboxylic acids is 1. The Morgan fingerprint density at radius 1 is 1.39 bits per heavy atom. The van der Waals surface area contributed by atoms with Gasteiger partial charge in [0, 0.05) is 11.5 Å². The number of rotatable bonds is 4. The molecule has 1 heterocycles. The lowest BCUT2D eigenvalue weighted by Gasteiger charge is -2.05. The monoisotopic (exact) mass is 243 g/mol. The van der Waals surface area contributed by atoms with Gasteiger partial charge in [-0.15, -0.1) is 0 Å². The summed E-state index contributed by atoms with van der Waals surface area (Å²) in [4.78, 5) is 15.7. The average molecular weight is 243 g/mol. The lowest BCUT2D eigenvalue weighted by molar-refractivity contribution is 0.0601. The second-order valence-corrected chi connectivity index (χ2v) is 3.65. The molecule has 0 aliphatic rings. The van der Waals surface area contributed by atoms with Gasteiger partial charge in [-0.1, -0.05) is 12.7 Å². The van der Waals surface area contributed by atoms with Gasteiger partial charge in [-0.05, 0) is 24.3 Å². The second kappa shape index (κ2) is 5.31. The Balaban J connectivity index is 2.35. The molecular weight excluding hydrogens is 230 g/mol. The largest absolute Gasteiger partial charge is 0.473 e. The van der Waals surface area contributed by atoms with Crippen molar-refractivity contribution in [2.24, 2.45) is 0 Å². The summed E-state index contributed by atoms with van der Waals surface area (Å²) < 4.78 is 10.0. The van der Waals surface area contributed by atoms with Gasteiger partial charge in [0.15, 0.2) is 0 Å². The molecule has 0 saturated heterocycles. The van der Waals surface area contributed by atoms with Crippen molar-refractivity contribution in [1.29, 1.82) is 0 Å². The van der Waals surface area contributed by atoms with Gasteiger partial charge in [0.1, 0.15) is 6.61 Å². The Morgan fingerprint density at radius 3 is 2.94 bits per heavy atom. The number of carbonyl (C=O) groups is 1. The Labute approximate surface area is 105 Å². The number of pyridine rings is 1. The average Bonchev–Trinajstić information content (AvgIpc) is 2.43. The summed E-state index contributed by atoms with van der Waals surface area (Å²) in [6.45, 7) is 3.99. The van der Waals surface area contributed by atoms with E-state index in [9.17, 15) is 4.79 Å². The van der Waals surface area contributed by atoms with Crippen LogP contribution in [0, 0.1) is 0 Å². The van der Waals surface area contributed by atoms with Gasteiger partial charge in [-0.2, -0.15) is 0 Å². The quantitative estimate of drug-likeness (QED) is 0.611. The van der Waals surface area contributed by atoms with Crippen LogP contribution in [-0.4, -0.2) is 24.7 Å². The third-order valence-corrected chi connectivity index (χ3v) is 2.43. The van der Waals surface area contributed by atoms with Crippen LogP contribution in [0.25, 0.3) is 10.9 Å². The maximum atomic E-state index is 11.4. The van der Waals surface area contributed by atoms with Crippen LogP contribution >= 0.6 is 0 Å². The van der Waals surface area contributed by atoms with Gasteiger partial charge < -0.3 is 9.47 Å². The molecule has 2 rings (SSSR count). The molecule has 0 aliphatic heterocycles. The summed E-state index contributed by atoms with van der Waals surface area (Å²) in [6, 6.07) is 8.80. The molecule has 2 aromatic rings. The van der Waals surface area contributed by atoms with Gasteiger partial charge >= 0.3 is 5.97 Å². The molecule has 0 bridgehead atoms. The summed E-state index contributed by atoms with van der Waals surface area (Å²) in [5, 5.41) is 0.865. The number of hydrogen-bond donors (Lipinski definition) is 0. The first-order valence-corrected chi connectivity index (χ1v) is 5.47. The standard InChI is InChI=1S/C14H13NO3/c1-3-8-18-13-7-5-10-9-11(14(16)17-2)4-6-12(10)15-13/h3-7,9H,1,8H2,2H3. The van der Waals surface area contributed by atoms with E-state index in [0.29, 0.717) is 18.1 Å². The minimum Gasteiger partial charge on any atom is -0.473 e. The van der Waals surface area contributed by atoms with Crippen molar-refractivity contribution in [3.05, 3.63) is 48.6 Å². The Kier molecular flexibility index (Phi) is 3.57. The molecule has 0 aliphatic carbocycles. The van der Waals surface area contributed by atoms with E-state index in [0.717, 1.165) is 10.9 Å². The van der Waals surface area contributed by atoms with E-state index >= 15 is 0 Å². The topological polar surface area (TPSA) is 48.4 Å². The molecule has 0 radical (unpaired) electrons. The molecular formula is C14H13NO3. The zero-order valence-electron chi connectivity index (χ0n) is 10.1. The van der Waals surface area contributed by atoms with E-state index in [1.54, 1.807) is 30.3 Å². The molecule has 0 N–H and O–H groups in total. The molecule has 92 valence electrons. The molecule has 4 heteroatoms. The summed E-state index contributed by atoms with van der Waals surface area (Å²) >= 11 is 0. The first-order chi connectivity index (χ1) is 8.74. The lowest BCUT2D eigenvalue weighted by Crippen LogP contribution is -2.01. The van der Waals surface area contributed by atoms with Crippen molar-refractivity contribution in [3.8, 4) is 5.88 Å².